The Morgan fingerprint density at radius 2 is 0.857 bits per heavy atom. The van der Waals surface area contributed by atoms with E-state index in [-0.39, 0.29) is 44.4 Å². The van der Waals surface area contributed by atoms with E-state index in [0.717, 1.165) is 22.6 Å². The molecule has 5 heteroatoms. The molecule has 0 radical (unpaired) electrons. The molecule has 2 atom stereocenters. The third kappa shape index (κ3) is 6.09. The Morgan fingerprint density at radius 1 is 0.543 bits per heavy atom. The smallest absolute Gasteiger partial charge is 1.00 e. The van der Waals surface area contributed by atoms with Gasteiger partial charge in [-0.05, 0) is 0 Å². The first-order valence-corrected chi connectivity index (χ1v) is 17.4. The van der Waals surface area contributed by atoms with Gasteiger partial charge in [0.2, 0.25) is 0 Å². The van der Waals surface area contributed by atoms with E-state index in [1.165, 1.54) is 11.1 Å². The summed E-state index contributed by atoms with van der Waals surface area (Å²) in [6, 6.07) is 18.6. The molecule has 0 bridgehead atoms. The molecule has 2 aliphatic rings. The first kappa shape index (κ1) is 30.6. The second kappa shape index (κ2) is 12.7. The molecule has 2 aliphatic carbocycles. The third-order valence-corrected chi connectivity index (χ3v) is 17.1. The number of halogens is 2. The van der Waals surface area contributed by atoms with E-state index in [9.17, 15) is 0 Å². The van der Waals surface area contributed by atoms with Crippen molar-refractivity contribution < 1.29 is 28.6 Å². The molecule has 0 saturated heterocycles. The van der Waals surface area contributed by atoms with Crippen LogP contribution in [0.5, 0.6) is 0 Å². The van der Waals surface area contributed by atoms with Crippen LogP contribution in [0.4, 0.5) is 0 Å². The zero-order chi connectivity index (χ0) is 23.9. The third-order valence-electron chi connectivity index (χ3n) is 6.97. The van der Waals surface area contributed by atoms with Crippen molar-refractivity contribution in [1.29, 1.82) is 0 Å². The number of hydrogen-bond acceptors (Lipinski definition) is 0. The Hall–Kier alpha value is -0.646. The fourth-order valence-electron chi connectivity index (χ4n) is 5.96. The van der Waals surface area contributed by atoms with Gasteiger partial charge in [0.15, 0.2) is 0 Å². The quantitative estimate of drug-likeness (QED) is 0.347. The Kier molecular flexibility index (Phi) is 11.1. The minimum absolute atomic E-state index is 0. The van der Waals surface area contributed by atoms with Crippen molar-refractivity contribution in [3.63, 3.8) is 0 Å². The molecule has 0 heterocycles. The summed E-state index contributed by atoms with van der Waals surface area (Å²) in [5.41, 5.74) is 9.22. The number of benzene rings is 2. The van der Waals surface area contributed by atoms with Gasteiger partial charge in [0, 0.05) is 0 Å². The molecule has 0 N–H and O–H groups in total. The molecule has 0 amide bonds. The van der Waals surface area contributed by atoms with E-state index in [4.69, 9.17) is 0 Å². The predicted molar refractivity (Wildman–Crippen MR) is 149 cm³/mol. The molecule has 2 unspecified atom stereocenters. The maximum Gasteiger partial charge on any atom is -1.00 e. The summed E-state index contributed by atoms with van der Waals surface area (Å²) in [5, 5.41) is 3.61. The van der Waals surface area contributed by atoms with Crippen molar-refractivity contribution in [3.05, 3.63) is 81.4 Å². The molecule has 0 saturated carbocycles. The predicted octanol–water partition coefficient (Wildman–Crippen LogP) is 3.87. The van der Waals surface area contributed by atoms with Crippen molar-refractivity contribution in [1.82, 2.24) is 0 Å². The van der Waals surface area contributed by atoms with Crippen LogP contribution < -0.4 is 9.41 Å². The van der Waals surface area contributed by atoms with Crippen LogP contribution in [0.2, 0.25) is 0 Å². The minimum atomic E-state index is -0.297. The van der Waals surface area contributed by atoms with E-state index in [1.807, 2.05) is 0 Å². The molecule has 35 heavy (non-hydrogen) atoms. The molecule has 2 aromatic carbocycles. The second-order valence-corrected chi connectivity index (χ2v) is 19.7. The van der Waals surface area contributed by atoms with Crippen molar-refractivity contribution in [2.45, 2.75) is 86.5 Å². The first-order chi connectivity index (χ1) is 15.7. The number of rotatable bonds is 8. The first-order valence-electron chi connectivity index (χ1n) is 12.6. The van der Waals surface area contributed by atoms with Gasteiger partial charge in [-0.15, -0.1) is 0 Å². The van der Waals surface area contributed by atoms with Gasteiger partial charge in [0.25, 0.3) is 0 Å². The Bertz CT molecular complexity index is 958. The monoisotopic (exact) mass is 548 g/mol. The molecule has 0 fully saturated rings. The molecule has 2 aromatic rings. The van der Waals surface area contributed by atoms with Gasteiger partial charge in [-0.25, -0.2) is 0 Å². The fourth-order valence-corrected chi connectivity index (χ4v) is 16.9. The molecular weight excluding hydrogens is 508 g/mol. The van der Waals surface area contributed by atoms with Crippen LogP contribution in [0.1, 0.15) is 86.1 Å². The van der Waals surface area contributed by atoms with E-state index < -0.39 is 0 Å². The summed E-state index contributed by atoms with van der Waals surface area (Å²) in [7, 11) is -0.258. The van der Waals surface area contributed by atoms with Crippen LogP contribution in [0, 0.1) is 0 Å². The SMILES string of the molecule is CC(C)P(C1=Cc2ccccc2[CH]1[Ti+2][CH]1C(P(C(C)C)C(C)C)=Cc2ccccc21)C(C)C.[F-].[F-]. The van der Waals surface area contributed by atoms with Gasteiger partial charge in [0.05, 0.1) is 0 Å². The van der Waals surface area contributed by atoms with E-state index >= 15 is 0 Å². The summed E-state index contributed by atoms with van der Waals surface area (Å²) in [6.07, 6.45) is 5.24. The van der Waals surface area contributed by atoms with Gasteiger partial charge in [0.1, 0.15) is 0 Å². The van der Waals surface area contributed by atoms with Crippen LogP contribution in [-0.4, -0.2) is 22.6 Å². The summed E-state index contributed by atoms with van der Waals surface area (Å²) in [4.78, 5) is 0. The van der Waals surface area contributed by atoms with E-state index in [2.05, 4.69) is 116 Å². The van der Waals surface area contributed by atoms with Gasteiger partial charge < -0.3 is 9.41 Å². The van der Waals surface area contributed by atoms with Crippen LogP contribution in [0.15, 0.2) is 59.2 Å². The molecule has 0 nitrogen and oxygen atoms in total. The van der Waals surface area contributed by atoms with Crippen LogP contribution in [0.3, 0.4) is 0 Å². The minimum Gasteiger partial charge on any atom is -1.00 e. The molecule has 188 valence electrons. The van der Waals surface area contributed by atoms with Crippen molar-refractivity contribution >= 4 is 28.0 Å². The average molecular weight is 548 g/mol. The van der Waals surface area contributed by atoms with Crippen molar-refractivity contribution in [2.75, 3.05) is 0 Å². The Labute approximate surface area is 223 Å². The van der Waals surface area contributed by atoms with E-state index in [1.54, 1.807) is 21.8 Å². The Balaban J connectivity index is 0.00000216. The maximum absolute atomic E-state index is 2.62. The van der Waals surface area contributed by atoms with Crippen molar-refractivity contribution in [2.24, 2.45) is 0 Å². The topological polar surface area (TPSA) is 0 Å². The van der Waals surface area contributed by atoms with Gasteiger partial charge in [-0.2, -0.15) is 0 Å². The van der Waals surface area contributed by atoms with Gasteiger partial charge in [-0.1, -0.05) is 0 Å². The second-order valence-electron chi connectivity index (χ2n) is 10.6. The Morgan fingerprint density at radius 3 is 1.17 bits per heavy atom. The molecular formula is C30H40F2P2Ti. The number of hydrogen-bond donors (Lipinski definition) is 0. The standard InChI is InChI=1S/2C15H20P.2FH.Ti/c2*1-11(2)16(12(3)4)15-9-13-7-5-6-8-14(13)10-15;;;/h2*5-12H,1-4H3;2*1H;/q;;;;+2/p-2. The summed E-state index contributed by atoms with van der Waals surface area (Å²) in [6.45, 7) is 19.7. The van der Waals surface area contributed by atoms with Crippen molar-refractivity contribution in [3.8, 4) is 0 Å². The van der Waals surface area contributed by atoms with Gasteiger partial charge >= 0.3 is 215 Å². The maximum atomic E-state index is 2.62. The average Bonchev–Trinajstić information content (AvgIpc) is 3.26. The zero-order valence-corrected chi connectivity index (χ0v) is 25.7. The molecule has 0 aromatic heterocycles. The van der Waals surface area contributed by atoms with Crippen LogP contribution in [-0.2, 0) is 19.2 Å². The number of allylic oxidation sites excluding steroid dienone is 2. The summed E-state index contributed by atoms with van der Waals surface area (Å²) in [5.74, 6) is 0. The summed E-state index contributed by atoms with van der Waals surface area (Å²) < 4.78 is 1.35. The largest absolute Gasteiger partial charge is 1.00 e. The van der Waals surface area contributed by atoms with Crippen LogP contribution >= 0.6 is 15.8 Å². The summed E-state index contributed by atoms with van der Waals surface area (Å²) >= 11 is -0.297. The number of fused-ring (bicyclic) bond motifs is 2. The van der Waals surface area contributed by atoms with Gasteiger partial charge in [-0.3, -0.25) is 0 Å². The normalized spacial score (nSPS) is 18.5. The molecule has 0 aliphatic heterocycles. The van der Waals surface area contributed by atoms with E-state index in [0.29, 0.717) is 8.45 Å². The molecule has 0 spiro atoms. The zero-order valence-electron chi connectivity index (χ0n) is 22.4. The van der Waals surface area contributed by atoms with Crippen LogP contribution in [0.25, 0.3) is 12.2 Å². The molecule has 4 rings (SSSR count). The fraction of sp³-hybridized carbons (Fsp3) is 0.467.